The number of H-pyrrole nitrogens is 1. The molecule has 0 spiro atoms. The largest absolute Gasteiger partial charge is 0.497 e. The molecule has 3 rings (SSSR count). The Bertz CT molecular complexity index is 919. The van der Waals surface area contributed by atoms with E-state index in [0.29, 0.717) is 18.7 Å². The van der Waals surface area contributed by atoms with Crippen molar-refractivity contribution >= 4 is 16.9 Å². The molecule has 0 bridgehead atoms. The summed E-state index contributed by atoms with van der Waals surface area (Å²) >= 11 is 0. The maximum atomic E-state index is 12.3. The Hall–Kier alpha value is -2.99. The van der Waals surface area contributed by atoms with Crippen LogP contribution in [0.1, 0.15) is 11.1 Å². The number of hydrogen-bond donors (Lipinski definition) is 2. The molecule has 2 N–H and O–H groups in total. The second-order valence-electron chi connectivity index (χ2n) is 6.20. The Morgan fingerprint density at radius 3 is 2.63 bits per heavy atom. The first kappa shape index (κ1) is 18.8. The summed E-state index contributed by atoms with van der Waals surface area (Å²) in [4.78, 5) is 15.5. The zero-order chi connectivity index (χ0) is 19.2. The number of benzene rings is 2. The van der Waals surface area contributed by atoms with Crippen LogP contribution >= 0.6 is 0 Å². The molecule has 27 heavy (non-hydrogen) atoms. The van der Waals surface area contributed by atoms with Gasteiger partial charge in [0.25, 0.3) is 0 Å². The lowest BCUT2D eigenvalue weighted by molar-refractivity contribution is -0.143. The van der Waals surface area contributed by atoms with Crippen molar-refractivity contribution in [1.29, 1.82) is 0 Å². The van der Waals surface area contributed by atoms with Crippen molar-refractivity contribution in [1.82, 2.24) is 10.3 Å². The molecule has 0 saturated heterocycles. The van der Waals surface area contributed by atoms with Crippen molar-refractivity contribution in [2.24, 2.45) is 0 Å². The van der Waals surface area contributed by atoms with E-state index in [-0.39, 0.29) is 5.97 Å². The number of methoxy groups -OCH3 is 3. The number of hydrogen-bond acceptors (Lipinski definition) is 5. The number of esters is 1. The predicted octanol–water partition coefficient (Wildman–Crippen LogP) is 3.06. The number of aromatic amines is 1. The summed E-state index contributed by atoms with van der Waals surface area (Å²) in [6.07, 6.45) is 2.46. The third-order valence-corrected chi connectivity index (χ3v) is 4.62. The minimum absolute atomic E-state index is 0.298. The molecule has 142 valence electrons. The quantitative estimate of drug-likeness (QED) is 0.598. The molecule has 0 fully saturated rings. The Kier molecular flexibility index (Phi) is 5.98. The third kappa shape index (κ3) is 4.23. The van der Waals surface area contributed by atoms with E-state index >= 15 is 0 Å². The number of carbonyl (C=O) groups is 1. The molecule has 1 heterocycles. The summed E-state index contributed by atoms with van der Waals surface area (Å²) in [6, 6.07) is 13.2. The summed E-state index contributed by atoms with van der Waals surface area (Å²) in [5.74, 6) is 1.13. The van der Waals surface area contributed by atoms with E-state index in [1.807, 2.05) is 48.7 Å². The molecule has 1 atom stereocenters. The first-order chi connectivity index (χ1) is 13.2. The molecular formula is C21H24N2O4. The zero-order valence-corrected chi connectivity index (χ0v) is 15.7. The van der Waals surface area contributed by atoms with Crippen LogP contribution < -0.4 is 14.8 Å². The second-order valence-corrected chi connectivity index (χ2v) is 6.20. The van der Waals surface area contributed by atoms with Gasteiger partial charge in [-0.05, 0) is 17.7 Å². The van der Waals surface area contributed by atoms with Crippen LogP contribution in [0.25, 0.3) is 10.9 Å². The highest BCUT2D eigenvalue weighted by Gasteiger charge is 2.21. The number of rotatable bonds is 8. The predicted molar refractivity (Wildman–Crippen MR) is 104 cm³/mol. The van der Waals surface area contributed by atoms with Gasteiger partial charge in [0.1, 0.15) is 17.5 Å². The van der Waals surface area contributed by atoms with Crippen molar-refractivity contribution in [2.75, 3.05) is 21.3 Å². The number of ether oxygens (including phenoxy) is 3. The molecule has 0 aliphatic heterocycles. The lowest BCUT2D eigenvalue weighted by Crippen LogP contribution is -2.39. The molecular weight excluding hydrogens is 344 g/mol. The molecule has 0 aliphatic carbocycles. The summed E-state index contributed by atoms with van der Waals surface area (Å²) < 4.78 is 15.6. The van der Waals surface area contributed by atoms with E-state index in [9.17, 15) is 4.79 Å². The van der Waals surface area contributed by atoms with Crippen molar-refractivity contribution < 1.29 is 19.0 Å². The average Bonchev–Trinajstić information content (AvgIpc) is 3.13. The number of aromatic nitrogens is 1. The van der Waals surface area contributed by atoms with E-state index in [2.05, 4.69) is 10.3 Å². The number of para-hydroxylation sites is 1. The summed E-state index contributed by atoms with van der Waals surface area (Å²) in [7, 11) is 4.63. The first-order valence-corrected chi connectivity index (χ1v) is 8.73. The fourth-order valence-corrected chi connectivity index (χ4v) is 3.13. The molecule has 0 amide bonds. The highest BCUT2D eigenvalue weighted by atomic mass is 16.5. The third-order valence-electron chi connectivity index (χ3n) is 4.62. The Morgan fingerprint density at radius 1 is 1.07 bits per heavy atom. The lowest BCUT2D eigenvalue weighted by Gasteiger charge is -2.18. The van der Waals surface area contributed by atoms with Crippen LogP contribution in [0.15, 0.2) is 48.7 Å². The number of carbonyl (C=O) groups excluding carboxylic acids is 1. The fraction of sp³-hybridized carbons (Fsp3) is 0.286. The summed E-state index contributed by atoms with van der Waals surface area (Å²) in [5, 5.41) is 4.40. The van der Waals surface area contributed by atoms with Crippen molar-refractivity contribution in [3.63, 3.8) is 0 Å². The van der Waals surface area contributed by atoms with Gasteiger partial charge in [-0.2, -0.15) is 0 Å². The van der Waals surface area contributed by atoms with Crippen molar-refractivity contribution in [3.8, 4) is 11.5 Å². The molecule has 6 heteroatoms. The van der Waals surface area contributed by atoms with Gasteiger partial charge in [0.2, 0.25) is 0 Å². The number of nitrogens with one attached hydrogen (secondary N) is 2. The highest BCUT2D eigenvalue weighted by molar-refractivity contribution is 5.84. The van der Waals surface area contributed by atoms with Gasteiger partial charge in [0, 0.05) is 41.7 Å². The smallest absolute Gasteiger partial charge is 0.323 e. The van der Waals surface area contributed by atoms with Crippen LogP contribution in [-0.2, 0) is 22.5 Å². The Balaban J connectivity index is 1.77. The van der Waals surface area contributed by atoms with Crippen molar-refractivity contribution in [2.45, 2.75) is 19.0 Å². The van der Waals surface area contributed by atoms with Gasteiger partial charge < -0.3 is 19.2 Å². The van der Waals surface area contributed by atoms with E-state index in [1.54, 1.807) is 14.2 Å². The second kappa shape index (κ2) is 8.60. The van der Waals surface area contributed by atoms with E-state index < -0.39 is 6.04 Å². The first-order valence-electron chi connectivity index (χ1n) is 8.73. The van der Waals surface area contributed by atoms with E-state index in [4.69, 9.17) is 14.2 Å². The van der Waals surface area contributed by atoms with Crippen LogP contribution in [0.3, 0.4) is 0 Å². The maximum absolute atomic E-state index is 12.3. The van der Waals surface area contributed by atoms with Crippen LogP contribution in [0.2, 0.25) is 0 Å². The zero-order valence-electron chi connectivity index (χ0n) is 15.7. The van der Waals surface area contributed by atoms with Gasteiger partial charge in [0.15, 0.2) is 0 Å². The molecule has 0 aliphatic rings. The minimum atomic E-state index is -0.471. The monoisotopic (exact) mass is 368 g/mol. The van der Waals surface area contributed by atoms with E-state index in [1.165, 1.54) is 7.11 Å². The van der Waals surface area contributed by atoms with Crippen LogP contribution in [-0.4, -0.2) is 38.3 Å². The van der Waals surface area contributed by atoms with Gasteiger partial charge in [-0.3, -0.25) is 10.1 Å². The van der Waals surface area contributed by atoms with Crippen LogP contribution in [0.5, 0.6) is 11.5 Å². The topological polar surface area (TPSA) is 72.6 Å². The molecule has 0 saturated carbocycles. The summed E-state index contributed by atoms with van der Waals surface area (Å²) in [5.41, 5.74) is 3.05. The van der Waals surface area contributed by atoms with Crippen LogP contribution in [0.4, 0.5) is 0 Å². The highest BCUT2D eigenvalue weighted by Crippen LogP contribution is 2.25. The van der Waals surface area contributed by atoms with Crippen molar-refractivity contribution in [3.05, 3.63) is 59.8 Å². The van der Waals surface area contributed by atoms with Gasteiger partial charge in [-0.25, -0.2) is 0 Å². The van der Waals surface area contributed by atoms with Gasteiger partial charge in [-0.1, -0.05) is 24.3 Å². The SMILES string of the molecule is COC(=O)C(Cc1c[nH]c2ccccc12)NCc1ccc(OC)cc1OC. The van der Waals surface area contributed by atoms with Crippen LogP contribution in [0, 0.1) is 0 Å². The van der Waals surface area contributed by atoms with Gasteiger partial charge in [0.05, 0.1) is 21.3 Å². The molecule has 2 aromatic carbocycles. The van der Waals surface area contributed by atoms with Gasteiger partial charge in [-0.15, -0.1) is 0 Å². The minimum Gasteiger partial charge on any atom is -0.497 e. The molecule has 6 nitrogen and oxygen atoms in total. The fourth-order valence-electron chi connectivity index (χ4n) is 3.13. The number of fused-ring (bicyclic) bond motifs is 1. The summed E-state index contributed by atoms with van der Waals surface area (Å²) in [6.45, 7) is 0.468. The maximum Gasteiger partial charge on any atom is 0.323 e. The molecule has 1 unspecified atom stereocenters. The molecule has 0 radical (unpaired) electrons. The van der Waals surface area contributed by atoms with Gasteiger partial charge >= 0.3 is 5.97 Å². The lowest BCUT2D eigenvalue weighted by atomic mass is 10.0. The average molecular weight is 368 g/mol. The Morgan fingerprint density at radius 2 is 1.89 bits per heavy atom. The molecule has 3 aromatic rings. The standard InChI is InChI=1S/C21H24N2O4/c1-25-16-9-8-14(20(11-16)26-2)12-23-19(21(24)27-3)10-15-13-22-18-7-5-4-6-17(15)18/h4-9,11,13,19,22-23H,10,12H2,1-3H3. The van der Waals surface area contributed by atoms with E-state index in [0.717, 1.165) is 27.8 Å². The Labute approximate surface area is 158 Å². The molecule has 1 aromatic heterocycles. The normalized spacial score (nSPS) is 12.0.